The second-order valence-corrected chi connectivity index (χ2v) is 4.43. The van der Waals surface area contributed by atoms with Gasteiger partial charge >= 0.3 is 0 Å². The topological polar surface area (TPSA) is 24.1 Å². The van der Waals surface area contributed by atoms with Gasteiger partial charge in [-0.1, -0.05) is 24.6 Å². The van der Waals surface area contributed by atoms with Crippen molar-refractivity contribution in [1.29, 1.82) is 0 Å². The molecular formula is C13H21ClN2. The third kappa shape index (κ3) is 4.97. The highest BCUT2D eigenvalue weighted by Gasteiger charge is 1.98. The van der Waals surface area contributed by atoms with E-state index in [0.29, 0.717) is 0 Å². The molecule has 0 heterocycles. The van der Waals surface area contributed by atoms with Gasteiger partial charge in [0.1, 0.15) is 0 Å². The van der Waals surface area contributed by atoms with Crippen LogP contribution in [-0.4, -0.2) is 19.6 Å². The van der Waals surface area contributed by atoms with Crippen LogP contribution in [0.4, 0.5) is 0 Å². The van der Waals surface area contributed by atoms with Crippen molar-refractivity contribution in [2.75, 3.05) is 19.6 Å². The summed E-state index contributed by atoms with van der Waals surface area (Å²) in [6.07, 6.45) is 1.19. The smallest absolute Gasteiger partial charge is 0.0409 e. The zero-order chi connectivity index (χ0) is 11.8. The first-order valence-corrected chi connectivity index (χ1v) is 6.28. The Morgan fingerprint density at radius 1 is 1.12 bits per heavy atom. The second kappa shape index (κ2) is 7.66. The van der Waals surface area contributed by atoms with E-state index in [1.165, 1.54) is 17.5 Å². The molecule has 0 spiro atoms. The summed E-state index contributed by atoms with van der Waals surface area (Å²) in [5, 5.41) is 7.58. The molecule has 90 valence electrons. The van der Waals surface area contributed by atoms with Crippen molar-refractivity contribution in [2.24, 2.45) is 0 Å². The summed E-state index contributed by atoms with van der Waals surface area (Å²) in [6.45, 7) is 8.29. The van der Waals surface area contributed by atoms with Gasteiger partial charge in [0.2, 0.25) is 0 Å². The standard InChI is InChI=1S/C13H21ClN2/c1-3-6-15-7-8-16-10-12-9-13(14)5-4-11(12)2/h4-5,9,15-16H,3,6-8,10H2,1-2H3. The van der Waals surface area contributed by atoms with Crippen LogP contribution < -0.4 is 10.6 Å². The number of benzene rings is 1. The molecule has 16 heavy (non-hydrogen) atoms. The van der Waals surface area contributed by atoms with Gasteiger partial charge in [0, 0.05) is 24.7 Å². The van der Waals surface area contributed by atoms with Crippen LogP contribution in [0.5, 0.6) is 0 Å². The van der Waals surface area contributed by atoms with Crippen LogP contribution in [-0.2, 0) is 6.54 Å². The first-order valence-electron chi connectivity index (χ1n) is 5.90. The SMILES string of the molecule is CCCNCCNCc1cc(Cl)ccc1C. The molecule has 0 radical (unpaired) electrons. The maximum absolute atomic E-state index is 5.96. The van der Waals surface area contributed by atoms with E-state index in [0.717, 1.165) is 31.2 Å². The fraction of sp³-hybridized carbons (Fsp3) is 0.538. The highest BCUT2D eigenvalue weighted by molar-refractivity contribution is 6.30. The Bertz CT molecular complexity index is 313. The van der Waals surface area contributed by atoms with Gasteiger partial charge in [0.15, 0.2) is 0 Å². The quantitative estimate of drug-likeness (QED) is 0.717. The van der Waals surface area contributed by atoms with Crippen LogP contribution in [0.3, 0.4) is 0 Å². The zero-order valence-corrected chi connectivity index (χ0v) is 10.9. The van der Waals surface area contributed by atoms with Crippen LogP contribution in [0, 0.1) is 6.92 Å². The molecule has 2 nitrogen and oxygen atoms in total. The third-order valence-corrected chi connectivity index (χ3v) is 2.77. The lowest BCUT2D eigenvalue weighted by Crippen LogP contribution is -2.27. The van der Waals surface area contributed by atoms with Gasteiger partial charge in [0.25, 0.3) is 0 Å². The fourth-order valence-electron chi connectivity index (χ4n) is 1.53. The molecule has 0 bridgehead atoms. The third-order valence-electron chi connectivity index (χ3n) is 2.53. The number of halogens is 1. The lowest BCUT2D eigenvalue weighted by molar-refractivity contribution is 0.606. The molecule has 0 aliphatic carbocycles. The van der Waals surface area contributed by atoms with Crippen molar-refractivity contribution in [2.45, 2.75) is 26.8 Å². The lowest BCUT2D eigenvalue weighted by atomic mass is 10.1. The molecule has 2 N–H and O–H groups in total. The first-order chi connectivity index (χ1) is 7.74. The van der Waals surface area contributed by atoms with Crippen LogP contribution in [0.15, 0.2) is 18.2 Å². The Balaban J connectivity index is 2.23. The van der Waals surface area contributed by atoms with Crippen LogP contribution in [0.25, 0.3) is 0 Å². The minimum Gasteiger partial charge on any atom is -0.315 e. The minimum absolute atomic E-state index is 0.812. The molecule has 0 saturated carbocycles. The Morgan fingerprint density at radius 3 is 2.62 bits per heavy atom. The predicted octanol–water partition coefficient (Wildman–Crippen LogP) is 2.74. The summed E-state index contributed by atoms with van der Waals surface area (Å²) in [4.78, 5) is 0. The number of aryl methyl sites for hydroxylation is 1. The Hall–Kier alpha value is -0.570. The fourth-order valence-corrected chi connectivity index (χ4v) is 1.73. The van der Waals surface area contributed by atoms with E-state index in [1.807, 2.05) is 12.1 Å². The summed E-state index contributed by atoms with van der Waals surface area (Å²) in [7, 11) is 0. The molecular weight excluding hydrogens is 220 g/mol. The van der Waals surface area contributed by atoms with Gasteiger partial charge in [-0.25, -0.2) is 0 Å². The largest absolute Gasteiger partial charge is 0.315 e. The Kier molecular flexibility index (Phi) is 6.46. The first kappa shape index (κ1) is 13.5. The normalized spacial score (nSPS) is 10.7. The molecule has 1 aromatic carbocycles. The summed E-state index contributed by atoms with van der Waals surface area (Å²) in [5.74, 6) is 0. The molecule has 0 aliphatic heterocycles. The molecule has 0 aromatic heterocycles. The van der Waals surface area contributed by atoms with Gasteiger partial charge < -0.3 is 10.6 Å². The Morgan fingerprint density at radius 2 is 1.88 bits per heavy atom. The average Bonchev–Trinajstić information content (AvgIpc) is 2.28. The molecule has 0 unspecified atom stereocenters. The van der Waals surface area contributed by atoms with E-state index in [1.54, 1.807) is 0 Å². The van der Waals surface area contributed by atoms with E-state index in [-0.39, 0.29) is 0 Å². The minimum atomic E-state index is 0.812. The lowest BCUT2D eigenvalue weighted by Gasteiger charge is -2.08. The van der Waals surface area contributed by atoms with Crippen LogP contribution in [0.2, 0.25) is 5.02 Å². The van der Waals surface area contributed by atoms with Crippen molar-refractivity contribution in [3.63, 3.8) is 0 Å². The van der Waals surface area contributed by atoms with E-state index in [4.69, 9.17) is 11.6 Å². The summed E-state index contributed by atoms with van der Waals surface area (Å²) >= 11 is 5.96. The van der Waals surface area contributed by atoms with E-state index >= 15 is 0 Å². The number of rotatable bonds is 7. The molecule has 1 rings (SSSR count). The van der Waals surface area contributed by atoms with Crippen molar-refractivity contribution in [3.05, 3.63) is 34.3 Å². The van der Waals surface area contributed by atoms with E-state index in [2.05, 4.69) is 30.5 Å². The maximum atomic E-state index is 5.96. The van der Waals surface area contributed by atoms with Gasteiger partial charge in [-0.3, -0.25) is 0 Å². The molecule has 0 aliphatic rings. The van der Waals surface area contributed by atoms with Crippen LogP contribution >= 0.6 is 11.6 Å². The van der Waals surface area contributed by atoms with Gasteiger partial charge in [-0.05, 0) is 43.1 Å². The number of hydrogen-bond donors (Lipinski definition) is 2. The van der Waals surface area contributed by atoms with Crippen molar-refractivity contribution >= 4 is 11.6 Å². The molecule has 0 atom stereocenters. The summed E-state index contributed by atoms with van der Waals surface area (Å²) in [6, 6.07) is 6.03. The summed E-state index contributed by atoms with van der Waals surface area (Å²) < 4.78 is 0. The molecule has 0 amide bonds. The monoisotopic (exact) mass is 240 g/mol. The molecule has 0 fully saturated rings. The maximum Gasteiger partial charge on any atom is 0.0409 e. The van der Waals surface area contributed by atoms with Crippen molar-refractivity contribution in [1.82, 2.24) is 10.6 Å². The van der Waals surface area contributed by atoms with E-state index < -0.39 is 0 Å². The molecule has 1 aromatic rings. The highest BCUT2D eigenvalue weighted by atomic mass is 35.5. The Labute approximate surface area is 103 Å². The van der Waals surface area contributed by atoms with Crippen molar-refractivity contribution < 1.29 is 0 Å². The average molecular weight is 241 g/mol. The van der Waals surface area contributed by atoms with Crippen LogP contribution in [0.1, 0.15) is 24.5 Å². The number of nitrogens with one attached hydrogen (secondary N) is 2. The van der Waals surface area contributed by atoms with Crippen molar-refractivity contribution in [3.8, 4) is 0 Å². The van der Waals surface area contributed by atoms with E-state index in [9.17, 15) is 0 Å². The zero-order valence-electron chi connectivity index (χ0n) is 10.1. The van der Waals surface area contributed by atoms with Gasteiger partial charge in [-0.2, -0.15) is 0 Å². The second-order valence-electron chi connectivity index (χ2n) is 4.00. The molecule has 0 saturated heterocycles. The van der Waals surface area contributed by atoms with Gasteiger partial charge in [0.05, 0.1) is 0 Å². The predicted molar refractivity (Wildman–Crippen MR) is 71.1 cm³/mol. The number of hydrogen-bond acceptors (Lipinski definition) is 2. The van der Waals surface area contributed by atoms with Gasteiger partial charge in [-0.15, -0.1) is 0 Å². The summed E-state index contributed by atoms with van der Waals surface area (Å²) in [5.41, 5.74) is 2.57. The molecule has 3 heteroatoms. The highest BCUT2D eigenvalue weighted by Crippen LogP contribution is 2.14.